The van der Waals surface area contributed by atoms with Crippen molar-refractivity contribution in [2.75, 3.05) is 26.7 Å². The Kier molecular flexibility index (Phi) is 6.30. The van der Waals surface area contributed by atoms with Gasteiger partial charge in [0.25, 0.3) is 5.91 Å². The summed E-state index contributed by atoms with van der Waals surface area (Å²) in [5.41, 5.74) is 1.10. The van der Waals surface area contributed by atoms with E-state index < -0.39 is 0 Å². The van der Waals surface area contributed by atoms with E-state index in [0.29, 0.717) is 29.2 Å². The number of phenols is 1. The van der Waals surface area contributed by atoms with Crippen molar-refractivity contribution in [3.8, 4) is 11.5 Å². The molecule has 0 radical (unpaired) electrons. The average molecular weight is 385 g/mol. The van der Waals surface area contributed by atoms with E-state index >= 15 is 0 Å². The first-order chi connectivity index (χ1) is 11.0. The van der Waals surface area contributed by atoms with Gasteiger partial charge in [0.1, 0.15) is 17.1 Å². The first kappa shape index (κ1) is 18.1. The Labute approximate surface area is 146 Å². The average Bonchev–Trinajstić information content (AvgIpc) is 3.01. The van der Waals surface area contributed by atoms with E-state index in [1.807, 2.05) is 6.92 Å². The third kappa shape index (κ3) is 3.80. The number of carbonyl (C=O) groups excluding carboxylic acids is 1. The summed E-state index contributed by atoms with van der Waals surface area (Å²) in [6, 6.07) is 2.16. The lowest BCUT2D eigenvalue weighted by Crippen LogP contribution is -2.40. The van der Waals surface area contributed by atoms with Crippen molar-refractivity contribution in [2.45, 2.75) is 39.2 Å². The van der Waals surface area contributed by atoms with Gasteiger partial charge in [0.2, 0.25) is 0 Å². The summed E-state index contributed by atoms with van der Waals surface area (Å²) < 4.78 is 5.90. The molecule has 0 aliphatic carbocycles. The van der Waals surface area contributed by atoms with Crippen molar-refractivity contribution in [1.29, 1.82) is 0 Å². The molecule has 1 amide bonds. The van der Waals surface area contributed by atoms with E-state index in [1.165, 1.54) is 13.5 Å². The number of amides is 1. The predicted octanol–water partition coefficient (Wildman–Crippen LogP) is 2.94. The summed E-state index contributed by atoms with van der Waals surface area (Å²) >= 11 is 3.31. The van der Waals surface area contributed by atoms with Crippen LogP contribution >= 0.6 is 15.9 Å². The number of nitrogens with one attached hydrogen (secondary N) is 1. The summed E-state index contributed by atoms with van der Waals surface area (Å²) in [7, 11) is 1.52. The minimum absolute atomic E-state index is 0.0738. The molecule has 1 aromatic rings. The number of methoxy groups -OCH3 is 1. The summed E-state index contributed by atoms with van der Waals surface area (Å²) in [6.45, 7) is 6.79. The van der Waals surface area contributed by atoms with Gasteiger partial charge in [-0.2, -0.15) is 0 Å². The van der Waals surface area contributed by atoms with Gasteiger partial charge in [-0.3, -0.25) is 9.69 Å². The lowest BCUT2D eigenvalue weighted by Gasteiger charge is -2.23. The molecule has 2 rings (SSSR count). The predicted molar refractivity (Wildman–Crippen MR) is 94.3 cm³/mol. The van der Waals surface area contributed by atoms with Crippen LogP contribution in [0.2, 0.25) is 0 Å². The second-order valence-corrected chi connectivity index (χ2v) is 6.62. The maximum absolute atomic E-state index is 12.6. The Hall–Kier alpha value is -1.27. The molecule has 1 saturated heterocycles. The number of nitrogens with zero attached hydrogens (tertiary/aromatic N) is 1. The third-order valence-corrected chi connectivity index (χ3v) is 5.10. The van der Waals surface area contributed by atoms with Crippen molar-refractivity contribution in [1.82, 2.24) is 10.2 Å². The zero-order valence-corrected chi connectivity index (χ0v) is 15.6. The van der Waals surface area contributed by atoms with Gasteiger partial charge in [-0.15, -0.1) is 0 Å². The summed E-state index contributed by atoms with van der Waals surface area (Å²) in [6.07, 6.45) is 2.98. The number of aromatic hydroxyl groups is 1. The highest BCUT2D eigenvalue weighted by atomic mass is 79.9. The van der Waals surface area contributed by atoms with Crippen LogP contribution < -0.4 is 10.1 Å². The van der Waals surface area contributed by atoms with E-state index in [4.69, 9.17) is 4.74 Å². The number of ether oxygens (including phenoxy) is 1. The molecule has 0 unspecified atom stereocenters. The van der Waals surface area contributed by atoms with E-state index in [9.17, 15) is 9.90 Å². The van der Waals surface area contributed by atoms with Gasteiger partial charge in [-0.25, -0.2) is 0 Å². The second kappa shape index (κ2) is 8.02. The van der Waals surface area contributed by atoms with Crippen LogP contribution in [0.15, 0.2) is 10.5 Å². The van der Waals surface area contributed by atoms with Crippen LogP contribution in [0, 0.1) is 0 Å². The number of hydrogen-bond donors (Lipinski definition) is 2. The van der Waals surface area contributed by atoms with Crippen LogP contribution in [-0.4, -0.2) is 48.7 Å². The minimum Gasteiger partial charge on any atom is -0.506 e. The number of hydrogen-bond acceptors (Lipinski definition) is 4. The van der Waals surface area contributed by atoms with Crippen LogP contribution in [0.1, 0.15) is 42.6 Å². The number of likely N-dealkylation sites (tertiary alicyclic amines) is 1. The molecule has 6 heteroatoms. The van der Waals surface area contributed by atoms with Gasteiger partial charge >= 0.3 is 0 Å². The molecule has 2 N–H and O–H groups in total. The fourth-order valence-electron chi connectivity index (χ4n) is 3.22. The SMILES string of the molecule is CCc1cc(Br)c(O)c(C(=O)NC[C@@H]2CCCN2CC)c1OC. The molecule has 0 spiro atoms. The van der Waals surface area contributed by atoms with Gasteiger partial charge in [-0.05, 0) is 59.9 Å². The van der Waals surface area contributed by atoms with E-state index in [0.717, 1.165) is 25.1 Å². The Balaban J connectivity index is 2.20. The van der Waals surface area contributed by atoms with Crippen LogP contribution in [0.25, 0.3) is 0 Å². The summed E-state index contributed by atoms with van der Waals surface area (Å²) in [4.78, 5) is 15.0. The fraction of sp³-hybridized carbons (Fsp3) is 0.588. The largest absolute Gasteiger partial charge is 0.506 e. The van der Waals surface area contributed by atoms with Gasteiger partial charge in [0, 0.05) is 12.6 Å². The Bertz CT molecular complexity index is 577. The summed E-state index contributed by atoms with van der Waals surface area (Å²) in [5, 5.41) is 13.2. The van der Waals surface area contributed by atoms with Crippen molar-refractivity contribution in [3.05, 3.63) is 21.7 Å². The Morgan fingerprint density at radius 1 is 1.52 bits per heavy atom. The zero-order valence-electron chi connectivity index (χ0n) is 14.0. The topological polar surface area (TPSA) is 61.8 Å². The molecule has 1 heterocycles. The number of benzene rings is 1. The highest BCUT2D eigenvalue weighted by Crippen LogP contribution is 2.38. The van der Waals surface area contributed by atoms with Gasteiger partial charge in [0.15, 0.2) is 0 Å². The zero-order chi connectivity index (χ0) is 17.0. The first-order valence-corrected chi connectivity index (χ1v) is 8.93. The highest BCUT2D eigenvalue weighted by Gasteiger charge is 2.26. The number of likely N-dealkylation sites (N-methyl/N-ethyl adjacent to an activating group) is 1. The van der Waals surface area contributed by atoms with Crippen molar-refractivity contribution >= 4 is 21.8 Å². The number of phenolic OH excluding ortho intramolecular Hbond substituents is 1. The van der Waals surface area contributed by atoms with Crippen LogP contribution in [0.5, 0.6) is 11.5 Å². The molecule has 128 valence electrons. The van der Waals surface area contributed by atoms with E-state index in [2.05, 4.69) is 33.1 Å². The molecule has 23 heavy (non-hydrogen) atoms. The van der Waals surface area contributed by atoms with Gasteiger partial charge in [0.05, 0.1) is 11.6 Å². The smallest absolute Gasteiger partial charge is 0.258 e. The minimum atomic E-state index is -0.293. The number of halogens is 1. The lowest BCUT2D eigenvalue weighted by atomic mass is 10.0. The highest BCUT2D eigenvalue weighted by molar-refractivity contribution is 9.10. The fourth-order valence-corrected chi connectivity index (χ4v) is 3.70. The van der Waals surface area contributed by atoms with E-state index in [-0.39, 0.29) is 17.2 Å². The molecular formula is C17H25BrN2O3. The first-order valence-electron chi connectivity index (χ1n) is 8.13. The maximum atomic E-state index is 12.6. The number of carbonyl (C=O) groups is 1. The molecule has 0 saturated carbocycles. The molecule has 1 aromatic carbocycles. The Morgan fingerprint density at radius 2 is 2.26 bits per heavy atom. The summed E-state index contributed by atoms with van der Waals surface area (Å²) in [5.74, 6) is 0.0816. The number of rotatable bonds is 6. The molecule has 1 fully saturated rings. The maximum Gasteiger partial charge on any atom is 0.258 e. The molecule has 5 nitrogen and oxygen atoms in total. The van der Waals surface area contributed by atoms with E-state index in [1.54, 1.807) is 6.07 Å². The van der Waals surface area contributed by atoms with Crippen molar-refractivity contribution < 1.29 is 14.6 Å². The molecule has 0 bridgehead atoms. The molecule has 1 aliphatic rings. The van der Waals surface area contributed by atoms with Gasteiger partial charge < -0.3 is 15.2 Å². The molecular weight excluding hydrogens is 360 g/mol. The molecule has 1 atom stereocenters. The van der Waals surface area contributed by atoms with Gasteiger partial charge in [-0.1, -0.05) is 13.8 Å². The second-order valence-electron chi connectivity index (χ2n) is 5.76. The Morgan fingerprint density at radius 3 is 2.87 bits per heavy atom. The lowest BCUT2D eigenvalue weighted by molar-refractivity contribution is 0.0935. The normalized spacial score (nSPS) is 18.2. The van der Waals surface area contributed by atoms with Crippen LogP contribution in [-0.2, 0) is 6.42 Å². The molecule has 1 aliphatic heterocycles. The van der Waals surface area contributed by atoms with Crippen molar-refractivity contribution in [2.24, 2.45) is 0 Å². The van der Waals surface area contributed by atoms with Crippen LogP contribution in [0.4, 0.5) is 0 Å². The van der Waals surface area contributed by atoms with Crippen molar-refractivity contribution in [3.63, 3.8) is 0 Å². The molecule has 0 aromatic heterocycles. The number of aryl methyl sites for hydroxylation is 1. The quantitative estimate of drug-likeness (QED) is 0.791. The van der Waals surface area contributed by atoms with Crippen LogP contribution in [0.3, 0.4) is 0 Å². The monoisotopic (exact) mass is 384 g/mol. The standard InChI is InChI=1S/C17H25BrN2O3/c1-4-11-9-13(18)15(21)14(16(11)23-3)17(22)19-10-12-7-6-8-20(12)5-2/h9,12,21H,4-8,10H2,1-3H3,(H,19,22)/t12-/m0/s1. The third-order valence-electron chi connectivity index (χ3n) is 4.50.